The van der Waals surface area contributed by atoms with Gasteiger partial charge in [0.1, 0.15) is 5.56 Å². The molecule has 0 aromatic carbocycles. The summed E-state index contributed by atoms with van der Waals surface area (Å²) in [7, 11) is 0. The van der Waals surface area contributed by atoms with Crippen molar-refractivity contribution in [1.29, 1.82) is 0 Å². The van der Waals surface area contributed by atoms with Crippen molar-refractivity contribution in [2.45, 2.75) is 89.9 Å². The van der Waals surface area contributed by atoms with Crippen LogP contribution in [-0.2, 0) is 6.54 Å². The molecule has 4 aliphatic rings. The van der Waals surface area contributed by atoms with Crippen molar-refractivity contribution in [2.24, 2.45) is 29.4 Å². The van der Waals surface area contributed by atoms with Crippen LogP contribution in [0, 0.1) is 23.7 Å². The van der Waals surface area contributed by atoms with Crippen LogP contribution in [-0.4, -0.2) is 50.6 Å². The Bertz CT molecular complexity index is 879. The quantitative estimate of drug-likeness (QED) is 0.448. The molecular formula is C24H39N5O4. The van der Waals surface area contributed by atoms with E-state index in [1.807, 2.05) is 13.8 Å². The lowest BCUT2D eigenvalue weighted by Crippen LogP contribution is -2.61. The second kappa shape index (κ2) is 8.81. The summed E-state index contributed by atoms with van der Waals surface area (Å²) in [6.07, 6.45) is 6.79. The molecular weight excluding hydrogens is 422 g/mol. The molecule has 4 aliphatic carbocycles. The number of carbonyl (C=O) groups is 2. The van der Waals surface area contributed by atoms with Crippen LogP contribution >= 0.6 is 0 Å². The number of carbonyl (C=O) groups excluding carboxylic acids is 2. The molecule has 2 atom stereocenters. The van der Waals surface area contributed by atoms with E-state index >= 15 is 0 Å². The summed E-state index contributed by atoms with van der Waals surface area (Å²) in [6.45, 7) is 8.84. The van der Waals surface area contributed by atoms with Crippen molar-refractivity contribution in [3.05, 3.63) is 11.8 Å². The number of rotatable bonds is 9. The Morgan fingerprint density at radius 1 is 1.30 bits per heavy atom. The predicted octanol–water partition coefficient (Wildman–Crippen LogP) is 2.42. The average Bonchev–Trinajstić information content (AvgIpc) is 3.08. The molecule has 1 aromatic heterocycles. The topological polar surface area (TPSA) is 132 Å². The molecule has 33 heavy (non-hydrogen) atoms. The first-order valence-electron chi connectivity index (χ1n) is 12.2. The van der Waals surface area contributed by atoms with Crippen molar-refractivity contribution in [2.75, 3.05) is 6.61 Å². The van der Waals surface area contributed by atoms with E-state index in [9.17, 15) is 14.7 Å². The van der Waals surface area contributed by atoms with E-state index in [2.05, 4.69) is 29.6 Å². The van der Waals surface area contributed by atoms with Crippen LogP contribution < -0.4 is 21.1 Å². The summed E-state index contributed by atoms with van der Waals surface area (Å²) in [5.41, 5.74) is 4.67. The maximum atomic E-state index is 13.4. The Kier molecular flexibility index (Phi) is 6.37. The summed E-state index contributed by atoms with van der Waals surface area (Å²) in [4.78, 5) is 24.6. The molecule has 184 valence electrons. The monoisotopic (exact) mass is 461 g/mol. The van der Waals surface area contributed by atoms with Crippen LogP contribution in [0.15, 0.2) is 6.20 Å². The number of primary amides is 1. The molecule has 1 heterocycles. The van der Waals surface area contributed by atoms with E-state index in [4.69, 9.17) is 10.5 Å². The third-order valence-corrected chi connectivity index (χ3v) is 7.54. The zero-order valence-corrected chi connectivity index (χ0v) is 20.3. The fraction of sp³-hybridized carbons (Fsp3) is 0.792. The van der Waals surface area contributed by atoms with E-state index in [1.54, 1.807) is 10.9 Å². The molecule has 4 saturated carbocycles. The van der Waals surface area contributed by atoms with Crippen LogP contribution in [0.3, 0.4) is 0 Å². The minimum absolute atomic E-state index is 0.0920. The first-order valence-corrected chi connectivity index (χ1v) is 12.2. The molecule has 4 fully saturated rings. The lowest BCUT2D eigenvalue weighted by Gasteiger charge is -2.58. The van der Waals surface area contributed by atoms with Gasteiger partial charge in [0.05, 0.1) is 18.4 Å². The average molecular weight is 462 g/mol. The SMILES string of the molecule is CC(C)COc1c(C(=O)NC2C3CC4CC2CC(O)(C4)C3)cnn1CCC(C)(C)NC(N)=O. The molecule has 1 aromatic rings. The smallest absolute Gasteiger partial charge is 0.312 e. The molecule has 9 nitrogen and oxygen atoms in total. The number of aromatic nitrogens is 2. The number of nitrogens with one attached hydrogen (secondary N) is 2. The Labute approximate surface area is 195 Å². The fourth-order valence-electron chi connectivity index (χ4n) is 6.31. The zero-order chi connectivity index (χ0) is 24.0. The summed E-state index contributed by atoms with van der Waals surface area (Å²) in [5.74, 6) is 1.84. The number of nitrogens with two attached hydrogens (primary N) is 1. The van der Waals surface area contributed by atoms with Gasteiger partial charge in [-0.3, -0.25) is 4.79 Å². The maximum Gasteiger partial charge on any atom is 0.312 e. The second-order valence-corrected chi connectivity index (χ2v) is 11.6. The minimum Gasteiger partial charge on any atom is -0.477 e. The molecule has 5 N–H and O–H groups in total. The van der Waals surface area contributed by atoms with Gasteiger partial charge >= 0.3 is 6.03 Å². The number of amides is 3. The van der Waals surface area contributed by atoms with Crippen molar-refractivity contribution in [1.82, 2.24) is 20.4 Å². The van der Waals surface area contributed by atoms with Gasteiger partial charge in [-0.1, -0.05) is 13.8 Å². The van der Waals surface area contributed by atoms with E-state index in [1.165, 1.54) is 0 Å². The van der Waals surface area contributed by atoms with E-state index in [0.29, 0.717) is 54.7 Å². The van der Waals surface area contributed by atoms with Gasteiger partial charge < -0.3 is 26.2 Å². The summed E-state index contributed by atoms with van der Waals surface area (Å²) in [5, 5.41) is 21.3. The molecule has 0 radical (unpaired) electrons. The first-order chi connectivity index (χ1) is 15.4. The minimum atomic E-state index is -0.572. The van der Waals surface area contributed by atoms with Gasteiger partial charge in [0.2, 0.25) is 5.88 Å². The number of aryl methyl sites for hydroxylation is 1. The maximum absolute atomic E-state index is 13.4. The van der Waals surface area contributed by atoms with Gasteiger partial charge in [-0.15, -0.1) is 0 Å². The van der Waals surface area contributed by atoms with Crippen molar-refractivity contribution in [3.63, 3.8) is 0 Å². The van der Waals surface area contributed by atoms with E-state index in [-0.39, 0.29) is 11.9 Å². The van der Waals surface area contributed by atoms with Gasteiger partial charge in [-0.05, 0) is 76.0 Å². The second-order valence-electron chi connectivity index (χ2n) is 11.6. The molecule has 5 rings (SSSR count). The first kappa shape index (κ1) is 23.9. The normalized spacial score (nSPS) is 30.5. The number of hydrogen-bond donors (Lipinski definition) is 4. The molecule has 0 saturated heterocycles. The third kappa shape index (κ3) is 5.28. The highest BCUT2D eigenvalue weighted by Crippen LogP contribution is 2.55. The third-order valence-electron chi connectivity index (χ3n) is 7.54. The molecule has 0 aliphatic heterocycles. The Hall–Kier alpha value is -2.29. The highest BCUT2D eigenvalue weighted by atomic mass is 16.5. The van der Waals surface area contributed by atoms with E-state index < -0.39 is 17.2 Å². The van der Waals surface area contributed by atoms with Gasteiger partial charge in [-0.25, -0.2) is 9.48 Å². The predicted molar refractivity (Wildman–Crippen MR) is 124 cm³/mol. The van der Waals surface area contributed by atoms with Crippen molar-refractivity contribution in [3.8, 4) is 5.88 Å². The van der Waals surface area contributed by atoms with Crippen LogP contribution in [0.5, 0.6) is 5.88 Å². The van der Waals surface area contributed by atoms with Gasteiger partial charge in [0.15, 0.2) is 0 Å². The molecule has 2 unspecified atom stereocenters. The van der Waals surface area contributed by atoms with Crippen molar-refractivity contribution < 1.29 is 19.4 Å². The van der Waals surface area contributed by atoms with Gasteiger partial charge in [-0.2, -0.15) is 5.10 Å². The number of hydrogen-bond acceptors (Lipinski definition) is 5. The fourth-order valence-corrected chi connectivity index (χ4v) is 6.31. The Morgan fingerprint density at radius 2 is 1.97 bits per heavy atom. The Balaban J connectivity index is 1.48. The van der Waals surface area contributed by atoms with E-state index in [0.717, 1.165) is 32.1 Å². The number of ether oxygens (including phenoxy) is 1. The summed E-state index contributed by atoms with van der Waals surface area (Å²) in [6, 6.07) is -0.480. The van der Waals surface area contributed by atoms with Gasteiger partial charge in [0.25, 0.3) is 5.91 Å². The highest BCUT2D eigenvalue weighted by Gasteiger charge is 2.55. The number of urea groups is 1. The largest absolute Gasteiger partial charge is 0.477 e. The molecule has 0 spiro atoms. The number of aliphatic hydroxyl groups is 1. The Morgan fingerprint density at radius 3 is 2.55 bits per heavy atom. The molecule has 4 bridgehead atoms. The van der Waals surface area contributed by atoms with Crippen LogP contribution in [0.2, 0.25) is 0 Å². The molecule has 9 heteroatoms. The van der Waals surface area contributed by atoms with Crippen LogP contribution in [0.1, 0.15) is 76.6 Å². The zero-order valence-electron chi connectivity index (χ0n) is 20.3. The van der Waals surface area contributed by atoms with Crippen molar-refractivity contribution >= 4 is 11.9 Å². The highest BCUT2D eigenvalue weighted by molar-refractivity contribution is 5.96. The standard InChI is InChI=1S/C24H39N5O4/c1-14(2)13-33-21-18(12-26-29(21)6-5-23(3,4)28-22(25)31)20(30)27-19-16-7-15-8-17(19)11-24(32,9-15)10-16/h12,14-17,19,32H,5-11,13H2,1-4H3,(H,27,30)(H3,25,28,31). The van der Waals surface area contributed by atoms with Crippen LogP contribution in [0.4, 0.5) is 4.79 Å². The summed E-state index contributed by atoms with van der Waals surface area (Å²) < 4.78 is 7.74. The van der Waals surface area contributed by atoms with Crippen LogP contribution in [0.25, 0.3) is 0 Å². The lowest BCUT2D eigenvalue weighted by molar-refractivity contribution is -0.136. The van der Waals surface area contributed by atoms with Gasteiger partial charge in [0, 0.05) is 18.1 Å². The number of nitrogens with zero attached hydrogens (tertiary/aromatic N) is 2. The molecule has 3 amide bonds. The summed E-state index contributed by atoms with van der Waals surface area (Å²) >= 11 is 0. The lowest BCUT2D eigenvalue weighted by atomic mass is 9.52.